The van der Waals surface area contributed by atoms with Crippen molar-refractivity contribution >= 4 is 17.9 Å². The SMILES string of the molecule is CSCC(C)NC(C)CNC(=O)OC(C)(C)C. The van der Waals surface area contributed by atoms with Crippen molar-refractivity contribution in [3.63, 3.8) is 0 Å². The summed E-state index contributed by atoms with van der Waals surface area (Å²) in [5, 5.41) is 6.16. The topological polar surface area (TPSA) is 50.4 Å². The molecule has 0 spiro atoms. The Morgan fingerprint density at radius 2 is 1.88 bits per heavy atom. The van der Waals surface area contributed by atoms with Crippen molar-refractivity contribution in [1.29, 1.82) is 0 Å². The summed E-state index contributed by atoms with van der Waals surface area (Å²) in [7, 11) is 0. The van der Waals surface area contributed by atoms with Gasteiger partial charge in [-0.15, -0.1) is 0 Å². The molecule has 0 radical (unpaired) electrons. The van der Waals surface area contributed by atoms with E-state index in [4.69, 9.17) is 4.74 Å². The number of amides is 1. The van der Waals surface area contributed by atoms with Crippen LogP contribution >= 0.6 is 11.8 Å². The number of ether oxygens (including phenoxy) is 1. The lowest BCUT2D eigenvalue weighted by molar-refractivity contribution is 0.0523. The fourth-order valence-electron chi connectivity index (χ4n) is 1.39. The Labute approximate surface area is 109 Å². The van der Waals surface area contributed by atoms with Gasteiger partial charge in [-0.05, 0) is 40.9 Å². The molecule has 0 aliphatic heterocycles. The summed E-state index contributed by atoms with van der Waals surface area (Å²) in [4.78, 5) is 11.4. The Hall–Kier alpha value is -0.420. The van der Waals surface area contributed by atoms with Gasteiger partial charge in [-0.25, -0.2) is 4.79 Å². The third-order valence-electron chi connectivity index (χ3n) is 1.94. The van der Waals surface area contributed by atoms with E-state index >= 15 is 0 Å². The van der Waals surface area contributed by atoms with Crippen LogP contribution in [0.1, 0.15) is 34.6 Å². The first-order valence-corrected chi connectivity index (χ1v) is 7.36. The third-order valence-corrected chi connectivity index (χ3v) is 2.77. The van der Waals surface area contributed by atoms with Gasteiger partial charge >= 0.3 is 6.09 Å². The molecule has 0 aliphatic rings. The van der Waals surface area contributed by atoms with Gasteiger partial charge < -0.3 is 15.4 Å². The summed E-state index contributed by atoms with van der Waals surface area (Å²) in [6.45, 7) is 10.3. The van der Waals surface area contributed by atoms with Crippen molar-refractivity contribution in [2.45, 2.75) is 52.3 Å². The molecule has 0 aromatic rings. The normalized spacial score (nSPS) is 15.2. The highest BCUT2D eigenvalue weighted by Crippen LogP contribution is 2.06. The van der Waals surface area contributed by atoms with Crippen molar-refractivity contribution < 1.29 is 9.53 Å². The number of nitrogens with one attached hydrogen (secondary N) is 2. The number of hydrogen-bond donors (Lipinski definition) is 2. The minimum atomic E-state index is -0.438. The van der Waals surface area contributed by atoms with E-state index in [2.05, 4.69) is 23.8 Å². The van der Waals surface area contributed by atoms with Gasteiger partial charge in [-0.2, -0.15) is 11.8 Å². The lowest BCUT2D eigenvalue weighted by atomic mass is 10.2. The second-order valence-corrected chi connectivity index (χ2v) is 6.22. The molecular weight excluding hydrogens is 236 g/mol. The van der Waals surface area contributed by atoms with E-state index in [1.165, 1.54) is 0 Å². The van der Waals surface area contributed by atoms with Gasteiger partial charge in [0, 0.05) is 24.4 Å². The van der Waals surface area contributed by atoms with Gasteiger partial charge in [0.1, 0.15) is 5.60 Å². The lowest BCUT2D eigenvalue weighted by Crippen LogP contribution is -2.44. The van der Waals surface area contributed by atoms with E-state index in [0.717, 1.165) is 5.75 Å². The van der Waals surface area contributed by atoms with Crippen LogP contribution in [0.2, 0.25) is 0 Å². The van der Waals surface area contributed by atoms with Crippen LogP contribution in [-0.4, -0.2) is 42.3 Å². The summed E-state index contributed by atoms with van der Waals surface area (Å²) in [5.41, 5.74) is -0.438. The van der Waals surface area contributed by atoms with Crippen LogP contribution in [0.4, 0.5) is 4.79 Å². The molecule has 2 unspecified atom stereocenters. The molecule has 2 atom stereocenters. The summed E-state index contributed by atoms with van der Waals surface area (Å²) < 4.78 is 5.16. The molecular formula is C12H26N2O2S. The monoisotopic (exact) mass is 262 g/mol. The maximum atomic E-state index is 11.4. The standard InChI is InChI=1S/C12H26N2O2S/c1-9(14-10(2)8-17-6)7-13-11(15)16-12(3,4)5/h9-10,14H,7-8H2,1-6H3,(H,13,15). The molecule has 2 N–H and O–H groups in total. The number of alkyl carbamates (subject to hydrolysis) is 1. The molecule has 1 amide bonds. The zero-order valence-electron chi connectivity index (χ0n) is 11.8. The van der Waals surface area contributed by atoms with E-state index in [-0.39, 0.29) is 12.1 Å². The molecule has 5 heteroatoms. The largest absolute Gasteiger partial charge is 0.444 e. The number of carbonyl (C=O) groups is 1. The van der Waals surface area contributed by atoms with Crippen LogP contribution in [0.5, 0.6) is 0 Å². The Kier molecular flexibility index (Phi) is 7.63. The molecule has 0 saturated carbocycles. The Morgan fingerprint density at radius 3 is 2.35 bits per heavy atom. The highest BCUT2D eigenvalue weighted by Gasteiger charge is 2.16. The average molecular weight is 262 g/mol. The summed E-state index contributed by atoms with van der Waals surface area (Å²) in [6, 6.07) is 0.685. The molecule has 17 heavy (non-hydrogen) atoms. The molecule has 0 saturated heterocycles. The highest BCUT2D eigenvalue weighted by atomic mass is 32.2. The first-order valence-electron chi connectivity index (χ1n) is 5.96. The first kappa shape index (κ1) is 16.6. The van der Waals surface area contributed by atoms with Gasteiger partial charge in [-0.1, -0.05) is 0 Å². The van der Waals surface area contributed by atoms with Crippen LogP contribution in [0.15, 0.2) is 0 Å². The summed E-state index contributed by atoms with van der Waals surface area (Å²) >= 11 is 1.81. The molecule has 0 aromatic carbocycles. The van der Waals surface area contributed by atoms with Gasteiger partial charge in [-0.3, -0.25) is 0 Å². The molecule has 0 aliphatic carbocycles. The molecule has 102 valence electrons. The number of carbonyl (C=O) groups excluding carboxylic acids is 1. The third kappa shape index (κ3) is 10.5. The molecule has 4 nitrogen and oxygen atoms in total. The van der Waals surface area contributed by atoms with Crippen molar-refractivity contribution in [2.24, 2.45) is 0 Å². The molecule has 0 aromatic heterocycles. The smallest absolute Gasteiger partial charge is 0.407 e. The number of rotatable bonds is 6. The van der Waals surface area contributed by atoms with Gasteiger partial charge in [0.15, 0.2) is 0 Å². The Balaban J connectivity index is 3.76. The maximum absolute atomic E-state index is 11.4. The predicted octanol–water partition coefficient (Wildman–Crippen LogP) is 2.24. The van der Waals surface area contributed by atoms with Crippen LogP contribution in [0.3, 0.4) is 0 Å². The van der Waals surface area contributed by atoms with Crippen molar-refractivity contribution in [3.8, 4) is 0 Å². The summed E-state index contributed by atoms with van der Waals surface area (Å²) in [5.74, 6) is 1.07. The van der Waals surface area contributed by atoms with E-state index in [0.29, 0.717) is 12.6 Å². The first-order chi connectivity index (χ1) is 7.74. The quantitative estimate of drug-likeness (QED) is 0.771. The van der Waals surface area contributed by atoms with Crippen molar-refractivity contribution in [1.82, 2.24) is 10.6 Å². The molecule has 0 bridgehead atoms. The van der Waals surface area contributed by atoms with Crippen LogP contribution in [-0.2, 0) is 4.74 Å². The average Bonchev–Trinajstić information content (AvgIpc) is 2.12. The second-order valence-electron chi connectivity index (χ2n) is 5.31. The Morgan fingerprint density at radius 1 is 1.29 bits per heavy atom. The van der Waals surface area contributed by atoms with Crippen LogP contribution in [0.25, 0.3) is 0 Å². The minimum absolute atomic E-state index is 0.240. The van der Waals surface area contributed by atoms with Gasteiger partial charge in [0.2, 0.25) is 0 Å². The number of hydrogen-bond acceptors (Lipinski definition) is 4. The minimum Gasteiger partial charge on any atom is -0.444 e. The van der Waals surface area contributed by atoms with Crippen LogP contribution in [0, 0.1) is 0 Å². The molecule has 0 rings (SSSR count). The Bertz CT molecular complexity index is 229. The van der Waals surface area contributed by atoms with E-state index in [9.17, 15) is 4.79 Å². The van der Waals surface area contributed by atoms with Gasteiger partial charge in [0.25, 0.3) is 0 Å². The molecule has 0 fully saturated rings. The lowest BCUT2D eigenvalue weighted by Gasteiger charge is -2.22. The zero-order chi connectivity index (χ0) is 13.5. The van der Waals surface area contributed by atoms with Crippen molar-refractivity contribution in [2.75, 3.05) is 18.6 Å². The maximum Gasteiger partial charge on any atom is 0.407 e. The van der Waals surface area contributed by atoms with Crippen LogP contribution < -0.4 is 10.6 Å². The zero-order valence-corrected chi connectivity index (χ0v) is 12.6. The second kappa shape index (κ2) is 7.82. The molecule has 0 heterocycles. The van der Waals surface area contributed by atoms with E-state index in [1.54, 1.807) is 0 Å². The summed E-state index contributed by atoms with van der Waals surface area (Å²) in [6.07, 6.45) is 1.73. The highest BCUT2D eigenvalue weighted by molar-refractivity contribution is 7.98. The van der Waals surface area contributed by atoms with E-state index < -0.39 is 5.60 Å². The predicted molar refractivity (Wildman–Crippen MR) is 74.7 cm³/mol. The van der Waals surface area contributed by atoms with Crippen molar-refractivity contribution in [3.05, 3.63) is 0 Å². The van der Waals surface area contributed by atoms with E-state index in [1.807, 2.05) is 39.5 Å². The number of thioether (sulfide) groups is 1. The van der Waals surface area contributed by atoms with Gasteiger partial charge in [0.05, 0.1) is 0 Å². The fraction of sp³-hybridized carbons (Fsp3) is 0.917. The fourth-order valence-corrected chi connectivity index (χ4v) is 1.99.